The van der Waals surface area contributed by atoms with Gasteiger partial charge in [-0.25, -0.2) is 4.39 Å². The zero-order valence-corrected chi connectivity index (χ0v) is 12.6. The number of benzene rings is 1. The maximum absolute atomic E-state index is 13.5. The molecule has 0 bridgehead atoms. The van der Waals surface area contributed by atoms with E-state index in [9.17, 15) is 4.39 Å². The summed E-state index contributed by atoms with van der Waals surface area (Å²) in [5.74, 6) is 1.88. The molecule has 1 nitrogen and oxygen atoms in total. The largest absolute Gasteiger partial charge is 0.312 e. The molecule has 18 heavy (non-hydrogen) atoms. The summed E-state index contributed by atoms with van der Waals surface area (Å²) in [6.07, 6.45) is 3.75. The Morgan fingerprint density at radius 1 is 1.33 bits per heavy atom. The summed E-state index contributed by atoms with van der Waals surface area (Å²) in [7, 11) is 0. The standard InChI is InChI=1S/C14H18BrClFN/c15-13-4-5-14(17)12(6-13)9-18-8-11-3-1-2-10(11)7-16/h4-6,10-11,18H,1-3,7-9H2. The van der Waals surface area contributed by atoms with Crippen LogP contribution in [-0.4, -0.2) is 12.4 Å². The smallest absolute Gasteiger partial charge is 0.127 e. The van der Waals surface area contributed by atoms with Gasteiger partial charge in [-0.2, -0.15) is 0 Å². The molecule has 1 aromatic rings. The van der Waals surface area contributed by atoms with Crippen molar-refractivity contribution in [2.24, 2.45) is 11.8 Å². The molecule has 2 unspecified atom stereocenters. The summed E-state index contributed by atoms with van der Waals surface area (Å²) in [6, 6.07) is 5.05. The van der Waals surface area contributed by atoms with Gasteiger partial charge in [-0.3, -0.25) is 0 Å². The van der Waals surface area contributed by atoms with Crippen molar-refractivity contribution in [2.45, 2.75) is 25.8 Å². The lowest BCUT2D eigenvalue weighted by molar-refractivity contribution is 0.394. The Bertz CT molecular complexity index is 399. The van der Waals surface area contributed by atoms with Gasteiger partial charge in [-0.1, -0.05) is 22.4 Å². The van der Waals surface area contributed by atoms with E-state index in [1.54, 1.807) is 6.07 Å². The van der Waals surface area contributed by atoms with E-state index < -0.39 is 0 Å². The molecule has 100 valence electrons. The van der Waals surface area contributed by atoms with Crippen LogP contribution in [0.5, 0.6) is 0 Å². The zero-order chi connectivity index (χ0) is 13.0. The van der Waals surface area contributed by atoms with E-state index in [2.05, 4.69) is 21.2 Å². The predicted molar refractivity (Wildman–Crippen MR) is 77.4 cm³/mol. The van der Waals surface area contributed by atoms with Crippen molar-refractivity contribution in [2.75, 3.05) is 12.4 Å². The van der Waals surface area contributed by atoms with Crippen LogP contribution in [0.3, 0.4) is 0 Å². The zero-order valence-electron chi connectivity index (χ0n) is 10.3. The van der Waals surface area contributed by atoms with Gasteiger partial charge < -0.3 is 5.32 Å². The summed E-state index contributed by atoms with van der Waals surface area (Å²) in [4.78, 5) is 0. The van der Waals surface area contributed by atoms with Crippen LogP contribution >= 0.6 is 27.5 Å². The number of nitrogens with one attached hydrogen (secondary N) is 1. The molecule has 1 aromatic carbocycles. The van der Waals surface area contributed by atoms with Crippen LogP contribution in [0, 0.1) is 17.7 Å². The highest BCUT2D eigenvalue weighted by atomic mass is 79.9. The Hall–Kier alpha value is -0.120. The lowest BCUT2D eigenvalue weighted by Gasteiger charge is -2.17. The number of halogens is 3. The molecule has 0 aliphatic heterocycles. The van der Waals surface area contributed by atoms with Gasteiger partial charge in [0.05, 0.1) is 0 Å². The molecule has 2 atom stereocenters. The van der Waals surface area contributed by atoms with Crippen LogP contribution in [-0.2, 0) is 6.54 Å². The topological polar surface area (TPSA) is 12.0 Å². The first-order valence-electron chi connectivity index (χ1n) is 6.41. The van der Waals surface area contributed by atoms with E-state index in [0.29, 0.717) is 23.9 Å². The van der Waals surface area contributed by atoms with Crippen LogP contribution in [0.1, 0.15) is 24.8 Å². The molecule has 1 saturated carbocycles. The Kier molecular flexibility index (Phi) is 5.46. The Labute approximate surface area is 121 Å². The molecule has 4 heteroatoms. The number of rotatable bonds is 5. The predicted octanol–water partition coefficient (Wildman–Crippen LogP) is 4.33. The first-order chi connectivity index (χ1) is 8.70. The fourth-order valence-electron chi connectivity index (χ4n) is 2.66. The second-order valence-electron chi connectivity index (χ2n) is 4.97. The van der Waals surface area contributed by atoms with Crippen molar-refractivity contribution in [3.63, 3.8) is 0 Å². The van der Waals surface area contributed by atoms with Gasteiger partial charge in [0.1, 0.15) is 5.82 Å². The van der Waals surface area contributed by atoms with E-state index in [4.69, 9.17) is 11.6 Å². The fraction of sp³-hybridized carbons (Fsp3) is 0.571. The monoisotopic (exact) mass is 333 g/mol. The summed E-state index contributed by atoms with van der Waals surface area (Å²) in [5.41, 5.74) is 0.713. The molecule has 1 aliphatic rings. The van der Waals surface area contributed by atoms with Crippen molar-refractivity contribution in [3.05, 3.63) is 34.1 Å². The molecule has 1 fully saturated rings. The van der Waals surface area contributed by atoms with Crippen LogP contribution in [0.15, 0.2) is 22.7 Å². The minimum atomic E-state index is -0.147. The third-order valence-electron chi connectivity index (χ3n) is 3.74. The molecule has 0 saturated heterocycles. The molecule has 1 N–H and O–H groups in total. The van der Waals surface area contributed by atoms with Gasteiger partial charge in [0, 0.05) is 22.5 Å². The van der Waals surface area contributed by atoms with E-state index >= 15 is 0 Å². The quantitative estimate of drug-likeness (QED) is 0.790. The molecule has 0 aromatic heterocycles. The van der Waals surface area contributed by atoms with Gasteiger partial charge in [-0.15, -0.1) is 11.6 Å². The molecule has 2 rings (SSSR count). The molecular weight excluding hydrogens is 317 g/mol. The highest BCUT2D eigenvalue weighted by Gasteiger charge is 2.25. The summed E-state index contributed by atoms with van der Waals surface area (Å²) < 4.78 is 14.4. The van der Waals surface area contributed by atoms with E-state index in [1.807, 2.05) is 6.07 Å². The Morgan fingerprint density at radius 2 is 2.11 bits per heavy atom. The molecule has 0 heterocycles. The van der Waals surface area contributed by atoms with Crippen molar-refractivity contribution < 1.29 is 4.39 Å². The number of hydrogen-bond acceptors (Lipinski definition) is 1. The summed E-state index contributed by atoms with van der Waals surface area (Å²) in [5, 5.41) is 3.36. The minimum Gasteiger partial charge on any atom is -0.312 e. The lowest BCUT2D eigenvalue weighted by Crippen LogP contribution is -2.26. The molecule has 0 radical (unpaired) electrons. The number of hydrogen-bond donors (Lipinski definition) is 1. The highest BCUT2D eigenvalue weighted by Crippen LogP contribution is 2.32. The van der Waals surface area contributed by atoms with Gasteiger partial charge in [0.25, 0.3) is 0 Å². The molecule has 1 aliphatic carbocycles. The average Bonchev–Trinajstić information content (AvgIpc) is 2.81. The minimum absolute atomic E-state index is 0.147. The first-order valence-corrected chi connectivity index (χ1v) is 7.74. The van der Waals surface area contributed by atoms with Crippen LogP contribution < -0.4 is 5.32 Å². The normalized spacial score (nSPS) is 23.5. The van der Waals surface area contributed by atoms with Crippen LogP contribution in [0.4, 0.5) is 4.39 Å². The summed E-state index contributed by atoms with van der Waals surface area (Å²) >= 11 is 9.31. The Balaban J connectivity index is 1.83. The second-order valence-corrected chi connectivity index (χ2v) is 6.20. The van der Waals surface area contributed by atoms with E-state index in [0.717, 1.165) is 16.9 Å². The maximum atomic E-state index is 13.5. The van der Waals surface area contributed by atoms with Gasteiger partial charge in [-0.05, 0) is 49.4 Å². The van der Waals surface area contributed by atoms with Gasteiger partial charge in [0.15, 0.2) is 0 Å². The third kappa shape index (κ3) is 3.69. The second kappa shape index (κ2) is 6.88. The molecule has 0 spiro atoms. The van der Waals surface area contributed by atoms with E-state index in [1.165, 1.54) is 25.3 Å². The van der Waals surface area contributed by atoms with Gasteiger partial charge >= 0.3 is 0 Å². The van der Waals surface area contributed by atoms with Crippen molar-refractivity contribution in [3.8, 4) is 0 Å². The highest BCUT2D eigenvalue weighted by molar-refractivity contribution is 9.10. The van der Waals surface area contributed by atoms with E-state index in [-0.39, 0.29) is 5.82 Å². The van der Waals surface area contributed by atoms with Crippen LogP contribution in [0.25, 0.3) is 0 Å². The van der Waals surface area contributed by atoms with Crippen molar-refractivity contribution in [1.29, 1.82) is 0 Å². The third-order valence-corrected chi connectivity index (χ3v) is 4.63. The molecular formula is C14H18BrClFN. The van der Waals surface area contributed by atoms with Crippen LogP contribution in [0.2, 0.25) is 0 Å². The number of alkyl halides is 1. The van der Waals surface area contributed by atoms with Crippen molar-refractivity contribution in [1.82, 2.24) is 5.32 Å². The lowest BCUT2D eigenvalue weighted by atomic mass is 9.98. The Morgan fingerprint density at radius 3 is 2.89 bits per heavy atom. The van der Waals surface area contributed by atoms with Gasteiger partial charge in [0.2, 0.25) is 0 Å². The fourth-order valence-corrected chi connectivity index (χ4v) is 3.47. The first kappa shape index (κ1) is 14.3. The maximum Gasteiger partial charge on any atom is 0.127 e. The summed E-state index contributed by atoms with van der Waals surface area (Å²) in [6.45, 7) is 1.51. The molecule has 0 amide bonds. The SMILES string of the molecule is Fc1ccc(Br)cc1CNCC1CCCC1CCl. The van der Waals surface area contributed by atoms with Crippen molar-refractivity contribution >= 4 is 27.5 Å². The average molecular weight is 335 g/mol.